The molecule has 3 aliphatic rings. The Morgan fingerprint density at radius 3 is 2.31 bits per heavy atom. The molecule has 0 radical (unpaired) electrons. The van der Waals surface area contributed by atoms with Gasteiger partial charge >= 0.3 is 6.09 Å². The number of benzene rings is 2. The van der Waals surface area contributed by atoms with E-state index in [2.05, 4.69) is 46.6 Å². The minimum atomic E-state index is -0.550. The van der Waals surface area contributed by atoms with Gasteiger partial charge in [-0.1, -0.05) is 54.6 Å². The first-order valence-corrected chi connectivity index (χ1v) is 13.3. The third-order valence-corrected chi connectivity index (χ3v) is 7.52. The zero-order valence-corrected chi connectivity index (χ0v) is 23.2. The Morgan fingerprint density at radius 1 is 1.03 bits per heavy atom. The number of nitrogens with zero attached hydrogens (tertiary/aromatic N) is 3. The average molecular weight is 529 g/mol. The number of amidine groups is 1. The van der Waals surface area contributed by atoms with Crippen LogP contribution in [0.2, 0.25) is 0 Å². The van der Waals surface area contributed by atoms with E-state index in [9.17, 15) is 9.59 Å². The summed E-state index contributed by atoms with van der Waals surface area (Å²) >= 11 is 0. The van der Waals surface area contributed by atoms with Crippen molar-refractivity contribution in [3.63, 3.8) is 0 Å². The van der Waals surface area contributed by atoms with E-state index in [0.29, 0.717) is 5.57 Å². The molecule has 1 saturated carbocycles. The molecule has 2 aromatic carbocycles. The number of ether oxygens (including phenoxy) is 1. The quantitative estimate of drug-likeness (QED) is 0.497. The molecule has 2 amide bonds. The molecule has 2 heterocycles. The van der Waals surface area contributed by atoms with Crippen LogP contribution in [-0.4, -0.2) is 47.6 Å². The molecule has 2 aromatic rings. The number of likely N-dealkylation sites (N-methyl/N-ethyl adjacent to an activating group) is 1. The van der Waals surface area contributed by atoms with E-state index in [1.807, 2.05) is 51.2 Å². The van der Waals surface area contributed by atoms with Crippen LogP contribution in [0.1, 0.15) is 68.8 Å². The van der Waals surface area contributed by atoms with Crippen molar-refractivity contribution >= 4 is 17.8 Å². The van der Waals surface area contributed by atoms with E-state index < -0.39 is 17.2 Å². The number of aliphatic imine (C=N–C) groups is 1. The Kier molecular flexibility index (Phi) is 7.07. The van der Waals surface area contributed by atoms with Gasteiger partial charge in [-0.2, -0.15) is 0 Å². The van der Waals surface area contributed by atoms with Crippen LogP contribution in [0, 0.1) is 0 Å². The number of hydroxylamine groups is 2. The summed E-state index contributed by atoms with van der Waals surface area (Å²) in [4.78, 5) is 37.7. The molecule has 8 nitrogen and oxygen atoms in total. The summed E-state index contributed by atoms with van der Waals surface area (Å²) in [7, 11) is 3.06. The van der Waals surface area contributed by atoms with Gasteiger partial charge in [0.2, 0.25) is 0 Å². The number of rotatable bonds is 6. The normalized spacial score (nSPS) is 21.3. The monoisotopic (exact) mass is 528 g/mol. The first-order chi connectivity index (χ1) is 18.6. The lowest BCUT2D eigenvalue weighted by Gasteiger charge is -2.43. The number of amides is 2. The number of nitrogens with one attached hydrogen (secondary N) is 1. The number of hydrogen-bond donors (Lipinski definition) is 1. The van der Waals surface area contributed by atoms with Gasteiger partial charge in [0.1, 0.15) is 17.5 Å². The second kappa shape index (κ2) is 10.3. The Bertz CT molecular complexity index is 1320. The maximum Gasteiger partial charge on any atom is 0.408 e. The van der Waals surface area contributed by atoms with E-state index in [0.717, 1.165) is 41.8 Å². The van der Waals surface area contributed by atoms with Gasteiger partial charge in [-0.15, -0.1) is 0 Å². The number of carbonyl (C=O) groups is 2. The van der Waals surface area contributed by atoms with Crippen molar-refractivity contribution in [3.8, 4) is 0 Å². The molecule has 0 bridgehead atoms. The fourth-order valence-corrected chi connectivity index (χ4v) is 5.36. The van der Waals surface area contributed by atoms with Crippen molar-refractivity contribution in [2.24, 2.45) is 4.99 Å². The molecule has 0 saturated heterocycles. The highest BCUT2D eigenvalue weighted by molar-refractivity contribution is 6.03. The van der Waals surface area contributed by atoms with Crippen molar-refractivity contribution < 1.29 is 19.2 Å². The van der Waals surface area contributed by atoms with Gasteiger partial charge in [0.15, 0.2) is 0 Å². The lowest BCUT2D eigenvalue weighted by molar-refractivity contribution is -0.163. The second-order valence-electron chi connectivity index (χ2n) is 11.3. The van der Waals surface area contributed by atoms with Gasteiger partial charge < -0.3 is 15.0 Å². The zero-order valence-electron chi connectivity index (χ0n) is 23.2. The highest BCUT2D eigenvalue weighted by Crippen LogP contribution is 2.46. The topological polar surface area (TPSA) is 83.5 Å². The maximum atomic E-state index is 12.8. The van der Waals surface area contributed by atoms with Crippen LogP contribution in [0.5, 0.6) is 0 Å². The smallest absolute Gasteiger partial charge is 0.408 e. The maximum absolute atomic E-state index is 12.8. The summed E-state index contributed by atoms with van der Waals surface area (Å²) in [5.41, 5.74) is 2.79. The minimum absolute atomic E-state index is 0.120. The van der Waals surface area contributed by atoms with E-state index in [1.165, 1.54) is 12.2 Å². The zero-order chi connectivity index (χ0) is 27.8. The second-order valence-corrected chi connectivity index (χ2v) is 11.3. The summed E-state index contributed by atoms with van der Waals surface area (Å²) in [6, 6.07) is 18.3. The Balaban J connectivity index is 1.44. The first-order valence-electron chi connectivity index (χ1n) is 13.3. The molecule has 2 atom stereocenters. The molecule has 1 aliphatic carbocycles. The third-order valence-electron chi connectivity index (χ3n) is 7.52. The molecule has 2 aliphatic heterocycles. The van der Waals surface area contributed by atoms with E-state index >= 15 is 0 Å². The number of fused-ring (bicyclic) bond motifs is 1. The lowest BCUT2D eigenvalue weighted by atomic mass is 9.71. The predicted octanol–water partition coefficient (Wildman–Crippen LogP) is 5.56. The summed E-state index contributed by atoms with van der Waals surface area (Å²) in [6.45, 7) is 5.61. The first kappa shape index (κ1) is 26.7. The molecule has 8 heteroatoms. The minimum Gasteiger partial charge on any atom is -0.444 e. The van der Waals surface area contributed by atoms with Gasteiger partial charge in [-0.25, -0.2) is 9.86 Å². The molecule has 0 spiro atoms. The van der Waals surface area contributed by atoms with Crippen LogP contribution in [0.3, 0.4) is 0 Å². The van der Waals surface area contributed by atoms with Gasteiger partial charge in [0.25, 0.3) is 5.91 Å². The van der Waals surface area contributed by atoms with Crippen molar-refractivity contribution in [3.05, 3.63) is 95.2 Å². The van der Waals surface area contributed by atoms with Crippen LogP contribution >= 0.6 is 0 Å². The van der Waals surface area contributed by atoms with Crippen LogP contribution < -0.4 is 5.32 Å². The molecule has 0 aromatic heterocycles. The fraction of sp³-hybridized carbons (Fsp3) is 0.387. The van der Waals surface area contributed by atoms with Gasteiger partial charge in [0, 0.05) is 13.2 Å². The molecule has 39 heavy (non-hydrogen) atoms. The highest BCUT2D eigenvalue weighted by Gasteiger charge is 2.42. The van der Waals surface area contributed by atoms with Crippen LogP contribution in [-0.2, 0) is 19.9 Å². The van der Waals surface area contributed by atoms with Crippen molar-refractivity contribution in [2.45, 2.75) is 63.3 Å². The van der Waals surface area contributed by atoms with E-state index in [4.69, 9.17) is 14.6 Å². The SMILES string of the molecule is CON(C)C(=O)C1=CN2C(=NC(c3ccc(C4(NC(=O)OC(C)(C)C)CCC4)cc3)C2c2ccccc2)C=C1. The highest BCUT2D eigenvalue weighted by atomic mass is 16.7. The Labute approximate surface area is 229 Å². The van der Waals surface area contributed by atoms with Crippen LogP contribution in [0.25, 0.3) is 0 Å². The van der Waals surface area contributed by atoms with E-state index in [1.54, 1.807) is 13.1 Å². The molecule has 1 fully saturated rings. The van der Waals surface area contributed by atoms with Crippen LogP contribution in [0.4, 0.5) is 4.79 Å². The van der Waals surface area contributed by atoms with Crippen molar-refractivity contribution in [1.82, 2.24) is 15.3 Å². The van der Waals surface area contributed by atoms with Crippen LogP contribution in [0.15, 0.2) is 83.5 Å². The van der Waals surface area contributed by atoms with Crippen molar-refractivity contribution in [1.29, 1.82) is 0 Å². The van der Waals surface area contributed by atoms with E-state index in [-0.39, 0.29) is 18.0 Å². The van der Waals surface area contributed by atoms with Crippen molar-refractivity contribution in [2.75, 3.05) is 14.2 Å². The Morgan fingerprint density at radius 2 is 1.72 bits per heavy atom. The van der Waals surface area contributed by atoms with Gasteiger partial charge in [-0.05, 0) is 68.9 Å². The number of carbonyl (C=O) groups excluding carboxylic acids is 2. The standard InChI is InChI=1S/C31H36N4O4/c1-30(2,3)39-29(37)33-31(18-9-19-31)24-15-12-21(13-16-24)26-27(22-10-7-6-8-11-22)35-20-23(14-17-25(35)32-26)28(36)34(4)38-5/h6-8,10-17,20,26-27H,9,18-19H2,1-5H3,(H,33,37). The molecule has 204 valence electrons. The third kappa shape index (κ3) is 5.34. The molecule has 5 rings (SSSR count). The predicted molar refractivity (Wildman–Crippen MR) is 150 cm³/mol. The summed E-state index contributed by atoms with van der Waals surface area (Å²) in [5, 5.41) is 4.35. The summed E-state index contributed by atoms with van der Waals surface area (Å²) in [6.07, 6.45) is 7.93. The molecular formula is C31H36N4O4. The fourth-order valence-electron chi connectivity index (χ4n) is 5.36. The largest absolute Gasteiger partial charge is 0.444 e. The molecular weight excluding hydrogens is 492 g/mol. The average Bonchev–Trinajstić information content (AvgIpc) is 3.28. The Hall–Kier alpha value is -3.91. The van der Waals surface area contributed by atoms with Gasteiger partial charge in [0.05, 0.1) is 24.3 Å². The molecule has 2 unspecified atom stereocenters. The van der Waals surface area contributed by atoms with Gasteiger partial charge in [-0.3, -0.25) is 14.6 Å². The summed E-state index contributed by atoms with van der Waals surface area (Å²) in [5.74, 6) is 0.576. The number of hydrogen-bond acceptors (Lipinski definition) is 6. The number of alkyl carbamates (subject to hydrolysis) is 1. The lowest BCUT2D eigenvalue weighted by Crippen LogP contribution is -2.52. The summed E-state index contributed by atoms with van der Waals surface area (Å²) < 4.78 is 5.54. The molecule has 1 N–H and O–H groups in total.